The SMILES string of the molecule is CC.COc1ccc(-c2cc(=O)c3ccccc3[nH]2)cc1. The van der Waals surface area contributed by atoms with Gasteiger partial charge in [0.1, 0.15) is 5.75 Å². The molecule has 0 radical (unpaired) electrons. The highest BCUT2D eigenvalue weighted by atomic mass is 16.5. The lowest BCUT2D eigenvalue weighted by Gasteiger charge is -2.05. The van der Waals surface area contributed by atoms with E-state index in [2.05, 4.69) is 4.98 Å². The van der Waals surface area contributed by atoms with E-state index in [0.29, 0.717) is 5.39 Å². The van der Waals surface area contributed by atoms with E-state index >= 15 is 0 Å². The molecule has 1 heterocycles. The van der Waals surface area contributed by atoms with Gasteiger partial charge in [-0.25, -0.2) is 0 Å². The molecule has 0 aliphatic heterocycles. The molecule has 0 unspecified atom stereocenters. The number of ether oxygens (including phenoxy) is 1. The molecule has 0 amide bonds. The van der Waals surface area contributed by atoms with E-state index < -0.39 is 0 Å². The molecule has 0 saturated carbocycles. The number of nitrogens with one attached hydrogen (secondary N) is 1. The predicted molar refractivity (Wildman–Crippen MR) is 87.9 cm³/mol. The van der Waals surface area contributed by atoms with Crippen LogP contribution in [-0.2, 0) is 0 Å². The van der Waals surface area contributed by atoms with Crippen LogP contribution in [-0.4, -0.2) is 12.1 Å². The summed E-state index contributed by atoms with van der Waals surface area (Å²) in [5.74, 6) is 0.798. The molecular formula is C18H19NO2. The number of fused-ring (bicyclic) bond motifs is 1. The Morgan fingerprint density at radius 1 is 0.952 bits per heavy atom. The van der Waals surface area contributed by atoms with Crippen molar-refractivity contribution in [3.8, 4) is 17.0 Å². The third-order valence-electron chi connectivity index (χ3n) is 3.14. The molecule has 3 rings (SSSR count). The van der Waals surface area contributed by atoms with Gasteiger partial charge in [0.05, 0.1) is 7.11 Å². The summed E-state index contributed by atoms with van der Waals surface area (Å²) in [5, 5.41) is 0.708. The number of rotatable bonds is 2. The summed E-state index contributed by atoms with van der Waals surface area (Å²) in [4.78, 5) is 15.3. The highest BCUT2D eigenvalue weighted by molar-refractivity contribution is 5.81. The summed E-state index contributed by atoms with van der Waals surface area (Å²) in [5.41, 5.74) is 2.65. The standard InChI is InChI=1S/C16H13NO2.C2H6/c1-19-12-8-6-11(7-9-12)15-10-16(18)13-4-2-3-5-14(13)17-15;1-2/h2-10H,1H3,(H,17,18);1-2H3. The summed E-state index contributed by atoms with van der Waals surface area (Å²) in [6.07, 6.45) is 0. The summed E-state index contributed by atoms with van der Waals surface area (Å²) in [6.45, 7) is 4.00. The van der Waals surface area contributed by atoms with Crippen LogP contribution in [0.3, 0.4) is 0 Å². The summed E-state index contributed by atoms with van der Waals surface area (Å²) in [7, 11) is 1.63. The van der Waals surface area contributed by atoms with E-state index in [1.54, 1.807) is 13.2 Å². The fourth-order valence-corrected chi connectivity index (χ4v) is 2.12. The number of hydrogen-bond donors (Lipinski definition) is 1. The van der Waals surface area contributed by atoms with Crippen molar-refractivity contribution in [2.24, 2.45) is 0 Å². The molecule has 0 bridgehead atoms. The maximum Gasteiger partial charge on any atom is 0.190 e. The van der Waals surface area contributed by atoms with Gasteiger partial charge in [0, 0.05) is 22.7 Å². The van der Waals surface area contributed by atoms with Crippen LogP contribution in [0.25, 0.3) is 22.2 Å². The molecule has 3 heteroatoms. The van der Waals surface area contributed by atoms with Gasteiger partial charge in [-0.2, -0.15) is 0 Å². The van der Waals surface area contributed by atoms with E-state index in [1.807, 2.05) is 62.4 Å². The maximum atomic E-state index is 12.1. The Kier molecular flexibility index (Phi) is 4.77. The Balaban J connectivity index is 0.000000774. The highest BCUT2D eigenvalue weighted by Gasteiger charge is 2.03. The first kappa shape index (κ1) is 14.9. The molecule has 2 aromatic carbocycles. The van der Waals surface area contributed by atoms with Gasteiger partial charge < -0.3 is 9.72 Å². The molecule has 0 spiro atoms. The van der Waals surface area contributed by atoms with Crippen molar-refractivity contribution in [2.45, 2.75) is 13.8 Å². The third kappa shape index (κ3) is 3.14. The van der Waals surface area contributed by atoms with Gasteiger partial charge in [0.2, 0.25) is 0 Å². The van der Waals surface area contributed by atoms with E-state index in [4.69, 9.17) is 4.74 Å². The Bertz CT molecular complexity index is 773. The molecule has 1 N–H and O–H groups in total. The molecule has 0 fully saturated rings. The van der Waals surface area contributed by atoms with Crippen molar-refractivity contribution < 1.29 is 4.74 Å². The number of aromatic nitrogens is 1. The monoisotopic (exact) mass is 281 g/mol. The fraction of sp³-hybridized carbons (Fsp3) is 0.167. The van der Waals surface area contributed by atoms with Crippen LogP contribution in [0.2, 0.25) is 0 Å². The first-order chi connectivity index (χ1) is 10.3. The normalized spacial score (nSPS) is 9.86. The van der Waals surface area contributed by atoms with Crippen LogP contribution in [0, 0.1) is 0 Å². The Labute approximate surface area is 124 Å². The lowest BCUT2D eigenvalue weighted by atomic mass is 10.1. The molecular weight excluding hydrogens is 262 g/mol. The number of hydrogen-bond acceptors (Lipinski definition) is 2. The molecule has 0 saturated heterocycles. The van der Waals surface area contributed by atoms with Crippen molar-refractivity contribution >= 4 is 10.9 Å². The number of para-hydroxylation sites is 1. The number of methoxy groups -OCH3 is 1. The second kappa shape index (κ2) is 6.75. The zero-order valence-corrected chi connectivity index (χ0v) is 12.5. The second-order valence-electron chi connectivity index (χ2n) is 4.32. The van der Waals surface area contributed by atoms with Crippen molar-refractivity contribution in [3.05, 3.63) is 64.8 Å². The summed E-state index contributed by atoms with van der Waals surface area (Å²) >= 11 is 0. The van der Waals surface area contributed by atoms with Crippen LogP contribution in [0.4, 0.5) is 0 Å². The smallest absolute Gasteiger partial charge is 0.190 e. The van der Waals surface area contributed by atoms with E-state index in [9.17, 15) is 4.79 Å². The Hall–Kier alpha value is -2.55. The quantitative estimate of drug-likeness (QED) is 0.763. The minimum absolute atomic E-state index is 0.0279. The van der Waals surface area contributed by atoms with Crippen LogP contribution < -0.4 is 10.2 Å². The van der Waals surface area contributed by atoms with Crippen LogP contribution in [0.15, 0.2) is 59.4 Å². The Morgan fingerprint density at radius 2 is 1.62 bits per heavy atom. The van der Waals surface area contributed by atoms with Crippen LogP contribution >= 0.6 is 0 Å². The van der Waals surface area contributed by atoms with Gasteiger partial charge in [-0.05, 0) is 42.0 Å². The average molecular weight is 281 g/mol. The molecule has 0 aliphatic rings. The minimum Gasteiger partial charge on any atom is -0.497 e. The number of aromatic amines is 1. The predicted octanol–water partition coefficient (Wildman–Crippen LogP) is 4.23. The van der Waals surface area contributed by atoms with E-state index in [0.717, 1.165) is 22.5 Å². The van der Waals surface area contributed by atoms with Crippen LogP contribution in [0.5, 0.6) is 5.75 Å². The van der Waals surface area contributed by atoms with Crippen molar-refractivity contribution in [2.75, 3.05) is 7.11 Å². The van der Waals surface area contributed by atoms with Gasteiger partial charge in [-0.1, -0.05) is 26.0 Å². The molecule has 0 aliphatic carbocycles. The zero-order chi connectivity index (χ0) is 15.2. The molecule has 3 aromatic rings. The maximum absolute atomic E-state index is 12.1. The lowest BCUT2D eigenvalue weighted by Crippen LogP contribution is -2.02. The number of H-pyrrole nitrogens is 1. The van der Waals surface area contributed by atoms with Crippen LogP contribution in [0.1, 0.15) is 13.8 Å². The first-order valence-corrected chi connectivity index (χ1v) is 7.04. The average Bonchev–Trinajstić information content (AvgIpc) is 2.57. The molecule has 1 aromatic heterocycles. The van der Waals surface area contributed by atoms with Crippen molar-refractivity contribution in [3.63, 3.8) is 0 Å². The molecule has 0 atom stereocenters. The third-order valence-corrected chi connectivity index (χ3v) is 3.14. The molecule has 108 valence electrons. The van der Waals surface area contributed by atoms with Gasteiger partial charge in [-0.3, -0.25) is 4.79 Å². The summed E-state index contributed by atoms with van der Waals surface area (Å²) in [6, 6.07) is 16.8. The van der Waals surface area contributed by atoms with E-state index in [-0.39, 0.29) is 5.43 Å². The Morgan fingerprint density at radius 3 is 2.29 bits per heavy atom. The number of benzene rings is 2. The summed E-state index contributed by atoms with van der Waals surface area (Å²) < 4.78 is 5.13. The molecule has 3 nitrogen and oxygen atoms in total. The van der Waals surface area contributed by atoms with Gasteiger partial charge in [-0.15, -0.1) is 0 Å². The topological polar surface area (TPSA) is 42.1 Å². The fourth-order valence-electron chi connectivity index (χ4n) is 2.12. The lowest BCUT2D eigenvalue weighted by molar-refractivity contribution is 0.415. The zero-order valence-electron chi connectivity index (χ0n) is 12.5. The van der Waals surface area contributed by atoms with E-state index in [1.165, 1.54) is 0 Å². The van der Waals surface area contributed by atoms with Gasteiger partial charge >= 0.3 is 0 Å². The second-order valence-corrected chi connectivity index (χ2v) is 4.32. The molecule has 21 heavy (non-hydrogen) atoms. The highest BCUT2D eigenvalue weighted by Crippen LogP contribution is 2.21. The minimum atomic E-state index is 0.0279. The van der Waals surface area contributed by atoms with Gasteiger partial charge in [0.25, 0.3) is 0 Å². The van der Waals surface area contributed by atoms with Crippen molar-refractivity contribution in [1.29, 1.82) is 0 Å². The van der Waals surface area contributed by atoms with Crippen molar-refractivity contribution in [1.82, 2.24) is 4.98 Å². The van der Waals surface area contributed by atoms with Gasteiger partial charge in [0.15, 0.2) is 5.43 Å². The number of pyridine rings is 1. The largest absolute Gasteiger partial charge is 0.497 e. The first-order valence-electron chi connectivity index (χ1n) is 7.04.